The second-order valence-corrected chi connectivity index (χ2v) is 22.1. The van der Waals surface area contributed by atoms with Crippen molar-refractivity contribution in [2.45, 2.75) is 184 Å². The fraction of sp³-hybridized carbons (Fsp3) is 0.820. The normalized spacial score (nSPS) is 47.8. The van der Waals surface area contributed by atoms with Gasteiger partial charge in [-0.05, 0) is 149 Å². The summed E-state index contributed by atoms with van der Waals surface area (Å²) in [7, 11) is 0. The van der Waals surface area contributed by atoms with Crippen molar-refractivity contribution in [3.63, 3.8) is 0 Å². The Balaban J connectivity index is 1.17. The Bertz CT molecular complexity index is 1790. The minimum atomic E-state index is -1.62. The number of nitrogens with one attached hydrogen (secondary N) is 2. The SMILES string of the molecule is CCC[C@@H]1CC[C@H]2[C@H](C)[C@H]([C@@H](O)[C@](C)(O)[C@H]3CC[C@@]4(O)C5=C(NC[C@H](C)O)C(=O)[C@@H]6C[C@@H](O)[C@@H](O)C[C@@]67C[C@H](C6=CNC(N)C=C6)C=C[C@H](C[C@]34C3CCCC3)[C@@H]57)O[C@@H]2CC1. The molecule has 1 saturated heterocycles. The number of dihydropyridines is 1. The van der Waals surface area contributed by atoms with Crippen molar-refractivity contribution in [1.82, 2.24) is 10.6 Å². The summed E-state index contributed by atoms with van der Waals surface area (Å²) in [6.07, 6.45) is 18.4. The zero-order valence-electron chi connectivity index (χ0n) is 37.2. The summed E-state index contributed by atoms with van der Waals surface area (Å²) >= 11 is 0. The van der Waals surface area contributed by atoms with Crippen molar-refractivity contribution in [2.75, 3.05) is 6.54 Å². The number of carbonyl (C=O) groups is 1. The van der Waals surface area contributed by atoms with E-state index < -0.39 is 64.4 Å². The molecule has 9 rings (SSSR count). The summed E-state index contributed by atoms with van der Waals surface area (Å²) in [5, 5.41) is 80.6. The molecule has 1 unspecified atom stereocenters. The molecular formula is C50H77N3O8. The molecule has 1 spiro atoms. The number of rotatable bonds is 10. The van der Waals surface area contributed by atoms with E-state index in [-0.39, 0.29) is 67.0 Å². The highest BCUT2D eigenvalue weighted by molar-refractivity contribution is 6.00. The van der Waals surface area contributed by atoms with E-state index in [4.69, 9.17) is 10.5 Å². The number of hydrogen-bond acceptors (Lipinski definition) is 11. The van der Waals surface area contributed by atoms with Gasteiger partial charge in [0.25, 0.3) is 0 Å². The molecule has 61 heavy (non-hydrogen) atoms. The second-order valence-electron chi connectivity index (χ2n) is 22.1. The third kappa shape index (κ3) is 6.91. The van der Waals surface area contributed by atoms with Crippen LogP contribution in [0.1, 0.15) is 130 Å². The highest BCUT2D eigenvalue weighted by Gasteiger charge is 2.76. The van der Waals surface area contributed by atoms with Gasteiger partial charge in [-0.15, -0.1) is 0 Å². The lowest BCUT2D eigenvalue weighted by Crippen LogP contribution is -2.69. The first kappa shape index (κ1) is 44.1. The number of ether oxygens (including phenoxy) is 1. The molecule has 2 aliphatic heterocycles. The van der Waals surface area contributed by atoms with Gasteiger partial charge >= 0.3 is 0 Å². The molecule has 2 heterocycles. The smallest absolute Gasteiger partial charge is 0.182 e. The Kier molecular flexibility index (Phi) is 11.9. The number of aliphatic hydroxyl groups is 6. The van der Waals surface area contributed by atoms with Crippen molar-refractivity contribution < 1.29 is 40.2 Å². The highest BCUT2D eigenvalue weighted by atomic mass is 16.5. The monoisotopic (exact) mass is 848 g/mol. The molecule has 10 N–H and O–H groups in total. The Hall–Kier alpha value is -2.09. The van der Waals surface area contributed by atoms with E-state index >= 15 is 4.79 Å². The lowest BCUT2D eigenvalue weighted by molar-refractivity contribution is -0.222. The zero-order chi connectivity index (χ0) is 43.2. The standard InChI is InChI=1S/C50H77N3O8/c1-5-8-29-11-16-34-28(3)45(61-38(34)17-12-29)46(58)47(4,59)39-19-20-50(60)42-41-31(23-49(39,50)33-9-6-7-10-33)14-13-30(32-15-18-40(51)52-26-32)22-48(41)24-37(56)36(55)21-35(48)44(57)43(42)53-25-27(2)54/h13-15,18,26-31,33-41,45-46,52-56,58-60H,5-12,16-17,19-25,51H2,1-4H3/t27-,28-,29+,30+,31+,34-,35-,36+,37-,38+,39+,40?,41-,45+,46+,47+,48-,49-,50+/m0/s1. The number of Topliss-reactive ketones (excluding diaryl/α,β-unsaturated/α-hetero) is 1. The van der Waals surface area contributed by atoms with Gasteiger partial charge in [-0.1, -0.05) is 64.2 Å². The lowest BCUT2D eigenvalue weighted by Gasteiger charge is -2.66. The van der Waals surface area contributed by atoms with Crippen LogP contribution in [0.15, 0.2) is 47.3 Å². The predicted molar refractivity (Wildman–Crippen MR) is 233 cm³/mol. The van der Waals surface area contributed by atoms with Gasteiger partial charge < -0.3 is 51.7 Å². The van der Waals surface area contributed by atoms with Gasteiger partial charge in [-0.3, -0.25) is 4.79 Å². The molecule has 7 aliphatic carbocycles. The van der Waals surface area contributed by atoms with Gasteiger partial charge in [0.05, 0.1) is 53.6 Å². The van der Waals surface area contributed by atoms with Crippen LogP contribution < -0.4 is 16.4 Å². The molecule has 11 heteroatoms. The summed E-state index contributed by atoms with van der Waals surface area (Å²) in [6.45, 7) is 8.06. The molecule has 0 aromatic carbocycles. The predicted octanol–water partition coefficient (Wildman–Crippen LogP) is 4.89. The summed E-state index contributed by atoms with van der Waals surface area (Å²) in [5.74, 6) is -0.822. The number of ketones is 1. The summed E-state index contributed by atoms with van der Waals surface area (Å²) < 4.78 is 6.88. The zero-order valence-corrected chi connectivity index (χ0v) is 37.2. The van der Waals surface area contributed by atoms with E-state index in [0.717, 1.165) is 50.5 Å². The van der Waals surface area contributed by atoms with Crippen LogP contribution in [0.3, 0.4) is 0 Å². The number of hydrogen-bond donors (Lipinski definition) is 9. The molecule has 11 nitrogen and oxygen atoms in total. The maximum atomic E-state index is 15.5. The Morgan fingerprint density at radius 2 is 1.77 bits per heavy atom. The number of fused-ring (bicyclic) bond motifs is 3. The average molecular weight is 848 g/mol. The van der Waals surface area contributed by atoms with Crippen molar-refractivity contribution >= 4 is 5.78 Å². The van der Waals surface area contributed by atoms with E-state index in [1.807, 2.05) is 18.4 Å². The maximum absolute atomic E-state index is 15.5. The van der Waals surface area contributed by atoms with Gasteiger partial charge in [0.2, 0.25) is 0 Å². The highest BCUT2D eigenvalue weighted by Crippen LogP contribution is 2.75. The lowest BCUT2D eigenvalue weighted by atomic mass is 9.39. The number of allylic oxidation sites excluding steroid dienone is 5. The quantitative estimate of drug-likeness (QED) is 0.136. The Morgan fingerprint density at radius 1 is 1.02 bits per heavy atom. The van der Waals surface area contributed by atoms with Crippen LogP contribution in [0.2, 0.25) is 0 Å². The Labute approximate surface area is 363 Å². The summed E-state index contributed by atoms with van der Waals surface area (Å²) in [6, 6.07) is 0. The van der Waals surface area contributed by atoms with Crippen molar-refractivity contribution in [1.29, 1.82) is 0 Å². The maximum Gasteiger partial charge on any atom is 0.182 e. The fourth-order valence-corrected chi connectivity index (χ4v) is 16.2. The summed E-state index contributed by atoms with van der Waals surface area (Å²) in [4.78, 5) is 15.5. The number of nitrogens with two attached hydrogens (primary N) is 1. The first-order chi connectivity index (χ1) is 29.1. The van der Waals surface area contributed by atoms with E-state index in [1.54, 1.807) is 13.8 Å². The minimum Gasteiger partial charge on any atom is -0.392 e. The van der Waals surface area contributed by atoms with Crippen molar-refractivity contribution in [2.24, 2.45) is 69.8 Å². The fourth-order valence-electron chi connectivity index (χ4n) is 16.2. The Morgan fingerprint density at radius 3 is 2.48 bits per heavy atom. The minimum absolute atomic E-state index is 0.0309. The molecule has 5 saturated carbocycles. The van der Waals surface area contributed by atoms with Gasteiger partial charge in [-0.25, -0.2) is 0 Å². The van der Waals surface area contributed by atoms with Gasteiger partial charge in [0.1, 0.15) is 6.10 Å². The van der Waals surface area contributed by atoms with Crippen molar-refractivity contribution in [3.8, 4) is 0 Å². The van der Waals surface area contributed by atoms with Crippen LogP contribution in [0.4, 0.5) is 0 Å². The third-order valence-electron chi connectivity index (χ3n) is 18.9. The molecule has 0 bridgehead atoms. The largest absolute Gasteiger partial charge is 0.392 e. The first-order valence-electron chi connectivity index (χ1n) is 24.5. The molecule has 0 radical (unpaired) electrons. The van der Waals surface area contributed by atoms with Crippen LogP contribution >= 0.6 is 0 Å². The van der Waals surface area contributed by atoms with E-state index in [2.05, 4.69) is 36.6 Å². The molecule has 19 atom stereocenters. The van der Waals surface area contributed by atoms with Gasteiger partial charge in [-0.2, -0.15) is 0 Å². The topological polar surface area (TPSA) is 198 Å². The van der Waals surface area contributed by atoms with Crippen molar-refractivity contribution in [3.05, 3.63) is 47.3 Å². The molecular weight excluding hydrogens is 771 g/mol. The first-order valence-corrected chi connectivity index (χ1v) is 24.5. The molecule has 0 amide bonds. The average Bonchev–Trinajstić information content (AvgIpc) is 3.88. The summed E-state index contributed by atoms with van der Waals surface area (Å²) in [5.41, 5.74) is 3.39. The van der Waals surface area contributed by atoms with Gasteiger partial charge in [0, 0.05) is 30.0 Å². The number of aliphatic hydroxyl groups excluding tert-OH is 4. The molecule has 0 aromatic heterocycles. The molecule has 9 aliphatic rings. The van der Waals surface area contributed by atoms with E-state index in [1.165, 1.54) is 19.3 Å². The van der Waals surface area contributed by atoms with Crippen LogP contribution in [0.5, 0.6) is 0 Å². The van der Waals surface area contributed by atoms with Crippen LogP contribution in [0, 0.1) is 64.1 Å². The number of carbonyl (C=O) groups excluding carboxylic acids is 1. The molecule has 0 aromatic rings. The van der Waals surface area contributed by atoms with E-state index in [0.29, 0.717) is 48.8 Å². The van der Waals surface area contributed by atoms with Crippen LogP contribution in [-0.4, -0.2) is 97.0 Å². The third-order valence-corrected chi connectivity index (χ3v) is 18.9. The van der Waals surface area contributed by atoms with Gasteiger partial charge in [0.15, 0.2) is 5.78 Å². The second kappa shape index (κ2) is 16.4. The molecule has 6 fully saturated rings. The van der Waals surface area contributed by atoms with E-state index in [9.17, 15) is 30.6 Å². The van der Waals surface area contributed by atoms with Crippen LogP contribution in [0.25, 0.3) is 0 Å². The van der Waals surface area contributed by atoms with Crippen LogP contribution in [-0.2, 0) is 9.53 Å². The molecule has 340 valence electrons.